The average Bonchev–Trinajstić information content (AvgIpc) is 2.81. The molecule has 0 amide bonds. The first-order chi connectivity index (χ1) is 9.19. The number of aromatic nitrogens is 1. The molecular weight excluding hydrogens is 279 g/mol. The molecule has 1 aromatic carbocycles. The van der Waals surface area contributed by atoms with Gasteiger partial charge in [-0.25, -0.2) is 9.37 Å². The smallest absolute Gasteiger partial charge is 0.136 e. The number of halogens is 1. The van der Waals surface area contributed by atoms with Crippen molar-refractivity contribution in [3.63, 3.8) is 0 Å². The third kappa shape index (κ3) is 4.30. The Kier molecular flexibility index (Phi) is 5.36. The maximum Gasteiger partial charge on any atom is 0.136 e. The van der Waals surface area contributed by atoms with Crippen LogP contribution in [-0.4, -0.2) is 23.8 Å². The van der Waals surface area contributed by atoms with Crippen molar-refractivity contribution < 1.29 is 4.39 Å². The molecule has 0 fully saturated rings. The van der Waals surface area contributed by atoms with E-state index in [4.69, 9.17) is 0 Å². The molecule has 0 radical (unpaired) electrons. The van der Waals surface area contributed by atoms with Crippen molar-refractivity contribution in [3.05, 3.63) is 46.2 Å². The van der Waals surface area contributed by atoms with Gasteiger partial charge in [0.15, 0.2) is 0 Å². The summed E-state index contributed by atoms with van der Waals surface area (Å²) in [5.41, 5.74) is 1.07. The molecule has 1 heterocycles. The first-order valence-corrected chi connectivity index (χ1v) is 8.01. The van der Waals surface area contributed by atoms with Crippen LogP contribution in [0.25, 0.3) is 0 Å². The van der Waals surface area contributed by atoms with Crippen molar-refractivity contribution in [2.75, 3.05) is 12.8 Å². The molecule has 1 N–H and O–H groups in total. The minimum atomic E-state index is -0.146. The van der Waals surface area contributed by atoms with Gasteiger partial charge in [0.1, 0.15) is 5.82 Å². The van der Waals surface area contributed by atoms with Crippen LogP contribution in [0.3, 0.4) is 0 Å². The lowest BCUT2D eigenvalue weighted by atomic mass is 10.2. The lowest BCUT2D eigenvalue weighted by Gasteiger charge is -2.14. The molecule has 2 nitrogen and oxygen atoms in total. The van der Waals surface area contributed by atoms with Gasteiger partial charge in [0.05, 0.1) is 5.01 Å². The summed E-state index contributed by atoms with van der Waals surface area (Å²) in [5, 5.41) is 6.47. The Balaban J connectivity index is 1.91. The molecule has 0 aliphatic carbocycles. The fourth-order valence-electron chi connectivity index (χ4n) is 1.70. The predicted octanol–water partition coefficient (Wildman–Crippen LogP) is 3.51. The minimum Gasteiger partial charge on any atom is -0.316 e. The second kappa shape index (κ2) is 7.03. The third-order valence-electron chi connectivity index (χ3n) is 2.77. The molecule has 1 atom stereocenters. The average molecular weight is 296 g/mol. The number of aryl methyl sites for hydroxylation is 1. The van der Waals surface area contributed by atoms with E-state index in [0.717, 1.165) is 22.9 Å². The Morgan fingerprint density at radius 1 is 1.42 bits per heavy atom. The summed E-state index contributed by atoms with van der Waals surface area (Å²) >= 11 is 3.23. The minimum absolute atomic E-state index is 0.146. The highest BCUT2D eigenvalue weighted by molar-refractivity contribution is 7.99. The van der Waals surface area contributed by atoms with Crippen molar-refractivity contribution in [1.29, 1.82) is 0 Å². The van der Waals surface area contributed by atoms with E-state index in [1.807, 2.05) is 26.1 Å². The van der Waals surface area contributed by atoms with E-state index >= 15 is 0 Å². The zero-order valence-electron chi connectivity index (χ0n) is 11.0. The van der Waals surface area contributed by atoms with Gasteiger partial charge in [-0.05, 0) is 26.1 Å². The number of likely N-dealkylation sites (N-methyl/N-ethyl adjacent to an activating group) is 1. The van der Waals surface area contributed by atoms with Gasteiger partial charge in [-0.15, -0.1) is 23.1 Å². The number of benzene rings is 1. The molecule has 19 heavy (non-hydrogen) atoms. The molecule has 1 aromatic heterocycles. The topological polar surface area (TPSA) is 24.9 Å². The summed E-state index contributed by atoms with van der Waals surface area (Å²) < 4.78 is 13.5. The SMILES string of the molecule is CNC(CSc1ccccc1F)Cc1nc(C)cs1. The molecular formula is C14H17FN2S2. The standard InChI is InChI=1S/C14H17FN2S2/c1-10-8-19-14(17-10)7-11(16-2)9-18-13-6-4-3-5-12(13)15/h3-6,8,11,16H,7,9H2,1-2H3. The second-order valence-corrected chi connectivity index (χ2v) is 6.32. The maximum atomic E-state index is 13.5. The summed E-state index contributed by atoms with van der Waals surface area (Å²) in [6.45, 7) is 2.00. The van der Waals surface area contributed by atoms with E-state index in [1.165, 1.54) is 6.07 Å². The van der Waals surface area contributed by atoms with Crippen LogP contribution in [0.15, 0.2) is 34.5 Å². The monoisotopic (exact) mass is 296 g/mol. The highest BCUT2D eigenvalue weighted by Crippen LogP contribution is 2.23. The molecule has 0 aliphatic heterocycles. The number of rotatable bonds is 6. The highest BCUT2D eigenvalue weighted by Gasteiger charge is 2.11. The molecule has 2 aromatic rings. The van der Waals surface area contributed by atoms with Gasteiger partial charge < -0.3 is 5.32 Å². The lowest BCUT2D eigenvalue weighted by Crippen LogP contribution is -2.30. The first kappa shape index (κ1) is 14.5. The Bertz CT molecular complexity index is 528. The molecule has 0 bridgehead atoms. The van der Waals surface area contributed by atoms with Gasteiger partial charge in [0.2, 0.25) is 0 Å². The first-order valence-electron chi connectivity index (χ1n) is 6.14. The van der Waals surface area contributed by atoms with Crippen LogP contribution in [0.4, 0.5) is 4.39 Å². The van der Waals surface area contributed by atoms with Crippen molar-refractivity contribution in [2.45, 2.75) is 24.3 Å². The zero-order chi connectivity index (χ0) is 13.7. The zero-order valence-corrected chi connectivity index (χ0v) is 12.7. The van der Waals surface area contributed by atoms with E-state index < -0.39 is 0 Å². The molecule has 0 saturated heterocycles. The van der Waals surface area contributed by atoms with Crippen molar-refractivity contribution in [2.24, 2.45) is 0 Å². The van der Waals surface area contributed by atoms with Crippen molar-refractivity contribution >= 4 is 23.1 Å². The third-order valence-corrected chi connectivity index (χ3v) is 4.97. The van der Waals surface area contributed by atoms with Crippen molar-refractivity contribution in [1.82, 2.24) is 10.3 Å². The Morgan fingerprint density at radius 3 is 2.84 bits per heavy atom. The molecule has 5 heteroatoms. The van der Waals surface area contributed by atoms with Gasteiger partial charge in [0.25, 0.3) is 0 Å². The number of nitrogens with zero attached hydrogens (tertiary/aromatic N) is 1. The lowest BCUT2D eigenvalue weighted by molar-refractivity contribution is 0.597. The van der Waals surface area contributed by atoms with Crippen LogP contribution in [0.2, 0.25) is 0 Å². The number of thioether (sulfide) groups is 1. The predicted molar refractivity (Wildman–Crippen MR) is 80.5 cm³/mol. The summed E-state index contributed by atoms with van der Waals surface area (Å²) in [6.07, 6.45) is 0.885. The van der Waals surface area contributed by atoms with Crippen LogP contribution in [0.1, 0.15) is 10.7 Å². The van der Waals surface area contributed by atoms with Crippen LogP contribution in [-0.2, 0) is 6.42 Å². The van der Waals surface area contributed by atoms with Crippen LogP contribution >= 0.6 is 23.1 Å². The fraction of sp³-hybridized carbons (Fsp3) is 0.357. The van der Waals surface area contributed by atoms with Crippen molar-refractivity contribution in [3.8, 4) is 0 Å². The van der Waals surface area contributed by atoms with E-state index in [1.54, 1.807) is 29.2 Å². The molecule has 2 rings (SSSR count). The number of hydrogen-bond acceptors (Lipinski definition) is 4. The van der Waals surface area contributed by atoms with Crippen LogP contribution in [0, 0.1) is 12.7 Å². The summed E-state index contributed by atoms with van der Waals surface area (Å²) in [5.74, 6) is 0.684. The summed E-state index contributed by atoms with van der Waals surface area (Å²) in [4.78, 5) is 5.17. The fourth-order valence-corrected chi connectivity index (χ4v) is 3.60. The Hall–Kier alpha value is -0.910. The van der Waals surface area contributed by atoms with Gasteiger partial charge in [0, 0.05) is 34.2 Å². The van der Waals surface area contributed by atoms with Crippen LogP contribution in [0.5, 0.6) is 0 Å². The van der Waals surface area contributed by atoms with Gasteiger partial charge >= 0.3 is 0 Å². The van der Waals surface area contributed by atoms with E-state index in [2.05, 4.69) is 15.7 Å². The normalized spacial score (nSPS) is 12.6. The van der Waals surface area contributed by atoms with Gasteiger partial charge in [-0.1, -0.05) is 12.1 Å². The summed E-state index contributed by atoms with van der Waals surface area (Å²) in [7, 11) is 1.94. The molecule has 0 aliphatic rings. The largest absolute Gasteiger partial charge is 0.316 e. The van der Waals surface area contributed by atoms with E-state index in [-0.39, 0.29) is 5.82 Å². The van der Waals surface area contributed by atoms with Crippen LogP contribution < -0.4 is 5.32 Å². The Morgan fingerprint density at radius 2 is 2.21 bits per heavy atom. The molecule has 102 valence electrons. The van der Waals surface area contributed by atoms with Gasteiger partial charge in [-0.2, -0.15) is 0 Å². The van der Waals surface area contributed by atoms with E-state index in [0.29, 0.717) is 10.9 Å². The van der Waals surface area contributed by atoms with Gasteiger partial charge in [-0.3, -0.25) is 0 Å². The number of nitrogens with one attached hydrogen (secondary N) is 1. The molecule has 0 spiro atoms. The van der Waals surface area contributed by atoms with E-state index in [9.17, 15) is 4.39 Å². The summed E-state index contributed by atoms with van der Waals surface area (Å²) in [6, 6.07) is 7.20. The molecule has 0 saturated carbocycles. The number of hydrogen-bond donors (Lipinski definition) is 1. The second-order valence-electron chi connectivity index (χ2n) is 4.31. The number of thiazole rings is 1. The maximum absolute atomic E-state index is 13.5. The molecule has 1 unspecified atom stereocenters. The Labute approximate surface area is 121 Å². The highest BCUT2D eigenvalue weighted by atomic mass is 32.2. The quantitative estimate of drug-likeness (QED) is 0.826.